The van der Waals surface area contributed by atoms with Gasteiger partial charge in [0, 0.05) is 18.8 Å². The minimum atomic E-state index is -0.504. The van der Waals surface area contributed by atoms with E-state index >= 15 is 0 Å². The summed E-state index contributed by atoms with van der Waals surface area (Å²) in [5.41, 5.74) is 4.97. The number of carbonyl (C=O) groups excluding carboxylic acids is 2. The van der Waals surface area contributed by atoms with Crippen LogP contribution in [-0.2, 0) is 9.53 Å². The van der Waals surface area contributed by atoms with Crippen molar-refractivity contribution in [2.75, 3.05) is 29.9 Å². The van der Waals surface area contributed by atoms with Crippen LogP contribution >= 0.6 is 0 Å². The summed E-state index contributed by atoms with van der Waals surface area (Å²) in [6, 6.07) is 3.83. The molecule has 3 heterocycles. The van der Waals surface area contributed by atoms with Crippen LogP contribution in [0.15, 0.2) is 17.2 Å². The molecule has 0 aliphatic carbocycles. The first-order chi connectivity index (χ1) is 14.5. The third-order valence-corrected chi connectivity index (χ3v) is 5.60. The van der Waals surface area contributed by atoms with Crippen LogP contribution in [0.2, 0.25) is 0 Å². The number of hydrazone groups is 1. The summed E-state index contributed by atoms with van der Waals surface area (Å²) in [7, 11) is 0. The van der Waals surface area contributed by atoms with E-state index in [0.717, 1.165) is 22.7 Å². The molecule has 1 aromatic carbocycles. The topological polar surface area (TPSA) is 95.5 Å². The lowest BCUT2D eigenvalue weighted by Gasteiger charge is -2.42. The molecule has 1 fully saturated rings. The molecule has 9 nitrogen and oxygen atoms in total. The Morgan fingerprint density at radius 2 is 2.03 bits per heavy atom. The molecule has 2 amide bonds. The number of fused-ring (bicyclic) bond motifs is 3. The van der Waals surface area contributed by atoms with Crippen molar-refractivity contribution in [3.8, 4) is 5.75 Å². The lowest BCUT2D eigenvalue weighted by atomic mass is 9.97. The summed E-state index contributed by atoms with van der Waals surface area (Å²) in [5, 5.41) is 7.73. The Balaban J connectivity index is 1.55. The average Bonchev–Trinajstić information content (AvgIpc) is 2.64. The van der Waals surface area contributed by atoms with Gasteiger partial charge in [-0.2, -0.15) is 5.10 Å². The summed E-state index contributed by atoms with van der Waals surface area (Å²) >= 11 is 0. The quantitative estimate of drug-likeness (QED) is 0.767. The number of amides is 2. The summed E-state index contributed by atoms with van der Waals surface area (Å²) in [6.07, 6.45) is -0.289. The van der Waals surface area contributed by atoms with Gasteiger partial charge in [0.1, 0.15) is 24.0 Å². The van der Waals surface area contributed by atoms with Crippen molar-refractivity contribution in [2.24, 2.45) is 5.10 Å². The molecule has 0 unspecified atom stereocenters. The van der Waals surface area contributed by atoms with Gasteiger partial charge in [0.15, 0.2) is 5.84 Å². The monoisotopic (exact) mass is 429 g/mol. The number of hydrogen-bond donors (Lipinski definition) is 2. The van der Waals surface area contributed by atoms with Gasteiger partial charge in [0.2, 0.25) is 0 Å². The minimum Gasteiger partial charge on any atom is -0.483 e. The minimum absolute atomic E-state index is 0.128. The number of nitrogens with zero attached hydrogens (tertiary/aromatic N) is 3. The molecule has 0 aromatic heterocycles. The number of amidine groups is 1. The predicted octanol–water partition coefficient (Wildman–Crippen LogP) is 2.87. The van der Waals surface area contributed by atoms with E-state index in [1.807, 2.05) is 44.7 Å². The molecule has 2 N–H and O–H groups in total. The molecule has 0 saturated carbocycles. The number of benzene rings is 1. The van der Waals surface area contributed by atoms with Gasteiger partial charge in [-0.15, -0.1) is 0 Å². The SMILES string of the molecule is CC(C)c1cc2c(cc1NC1CN(C(=O)OC(C)(C)C)C1)N1C(=NNC(=O)[C@@H]1C)CO2. The molecule has 3 aliphatic rings. The van der Waals surface area contributed by atoms with Crippen molar-refractivity contribution in [3.63, 3.8) is 0 Å². The van der Waals surface area contributed by atoms with Gasteiger partial charge < -0.3 is 24.6 Å². The maximum absolute atomic E-state index is 12.2. The first-order valence-corrected chi connectivity index (χ1v) is 10.7. The van der Waals surface area contributed by atoms with Gasteiger partial charge in [-0.1, -0.05) is 13.8 Å². The third-order valence-electron chi connectivity index (χ3n) is 5.60. The van der Waals surface area contributed by atoms with E-state index in [4.69, 9.17) is 9.47 Å². The zero-order chi connectivity index (χ0) is 22.5. The molecule has 0 bridgehead atoms. The third kappa shape index (κ3) is 4.13. The highest BCUT2D eigenvalue weighted by Crippen LogP contribution is 2.41. The lowest BCUT2D eigenvalue weighted by Crippen LogP contribution is -2.58. The van der Waals surface area contributed by atoms with E-state index in [1.165, 1.54) is 0 Å². The standard InChI is InChI=1S/C22H31N5O4/c1-12(2)15-7-18-17(27-13(3)20(28)25-24-19(27)11-30-18)8-16(15)23-14-9-26(10-14)21(29)31-22(4,5)6/h7-8,12-14,23H,9-11H2,1-6H3,(H,25,28)/t13-/m0/s1. The van der Waals surface area contributed by atoms with Gasteiger partial charge >= 0.3 is 6.09 Å². The number of hydrogen-bond acceptors (Lipinski definition) is 7. The molecule has 1 saturated heterocycles. The van der Waals surface area contributed by atoms with Gasteiger partial charge in [-0.25, -0.2) is 10.2 Å². The molecule has 4 rings (SSSR count). The molecule has 3 aliphatic heterocycles. The first-order valence-electron chi connectivity index (χ1n) is 10.7. The van der Waals surface area contributed by atoms with E-state index in [1.54, 1.807) is 4.90 Å². The molecule has 9 heteroatoms. The largest absolute Gasteiger partial charge is 0.483 e. The van der Waals surface area contributed by atoms with Crippen molar-refractivity contribution in [1.29, 1.82) is 0 Å². The predicted molar refractivity (Wildman–Crippen MR) is 119 cm³/mol. The molecule has 31 heavy (non-hydrogen) atoms. The van der Waals surface area contributed by atoms with Crippen molar-refractivity contribution in [2.45, 2.75) is 65.1 Å². The second-order valence-electron chi connectivity index (χ2n) is 9.63. The first kappa shape index (κ1) is 21.3. The number of ether oxygens (including phenoxy) is 2. The normalized spacial score (nSPS) is 20.8. The van der Waals surface area contributed by atoms with E-state index in [2.05, 4.69) is 29.7 Å². The Labute approximate surface area is 182 Å². The summed E-state index contributed by atoms with van der Waals surface area (Å²) in [4.78, 5) is 28.0. The van der Waals surface area contributed by atoms with Crippen LogP contribution < -0.4 is 20.4 Å². The molecule has 0 spiro atoms. The molecule has 168 valence electrons. The maximum Gasteiger partial charge on any atom is 0.410 e. The maximum atomic E-state index is 12.2. The highest BCUT2D eigenvalue weighted by atomic mass is 16.6. The van der Waals surface area contributed by atoms with Crippen LogP contribution in [0.4, 0.5) is 16.2 Å². The number of rotatable bonds is 3. The fourth-order valence-corrected chi connectivity index (χ4v) is 3.96. The van der Waals surface area contributed by atoms with Crippen molar-refractivity contribution >= 4 is 29.2 Å². The second kappa shape index (κ2) is 7.62. The fraction of sp³-hybridized carbons (Fsp3) is 0.591. The summed E-state index contributed by atoms with van der Waals surface area (Å²) in [6.45, 7) is 13.2. The molecule has 1 aromatic rings. The van der Waals surface area contributed by atoms with Crippen LogP contribution in [0.5, 0.6) is 5.75 Å². The molecule has 1 atom stereocenters. The zero-order valence-corrected chi connectivity index (χ0v) is 19.0. The van der Waals surface area contributed by atoms with Crippen molar-refractivity contribution in [3.05, 3.63) is 17.7 Å². The van der Waals surface area contributed by atoms with Gasteiger partial charge in [0.25, 0.3) is 5.91 Å². The fourth-order valence-electron chi connectivity index (χ4n) is 3.96. The lowest BCUT2D eigenvalue weighted by molar-refractivity contribution is -0.122. The number of likely N-dealkylation sites (tertiary alicyclic amines) is 1. The molecular weight excluding hydrogens is 398 g/mol. The highest BCUT2D eigenvalue weighted by Gasteiger charge is 2.37. The Bertz CT molecular complexity index is 931. The van der Waals surface area contributed by atoms with E-state index in [-0.39, 0.29) is 30.0 Å². The van der Waals surface area contributed by atoms with Crippen molar-refractivity contribution in [1.82, 2.24) is 10.3 Å². The van der Waals surface area contributed by atoms with Gasteiger partial charge in [-0.3, -0.25) is 4.79 Å². The average molecular weight is 430 g/mol. The van der Waals surface area contributed by atoms with Crippen molar-refractivity contribution < 1.29 is 19.1 Å². The highest BCUT2D eigenvalue weighted by molar-refractivity contribution is 6.09. The smallest absolute Gasteiger partial charge is 0.410 e. The van der Waals surface area contributed by atoms with Gasteiger partial charge in [-0.05, 0) is 51.3 Å². The number of carbonyl (C=O) groups is 2. The van der Waals surface area contributed by atoms with Crippen LogP contribution in [0.3, 0.4) is 0 Å². The van der Waals surface area contributed by atoms with Gasteiger partial charge in [0.05, 0.1) is 11.7 Å². The molecule has 0 radical (unpaired) electrons. The Kier molecular flexibility index (Phi) is 5.23. The Morgan fingerprint density at radius 1 is 1.32 bits per heavy atom. The van der Waals surface area contributed by atoms with E-state index in [0.29, 0.717) is 25.5 Å². The van der Waals surface area contributed by atoms with Crippen LogP contribution in [-0.4, -0.2) is 60.1 Å². The second-order valence-corrected chi connectivity index (χ2v) is 9.63. The summed E-state index contributed by atoms with van der Waals surface area (Å²) in [5.74, 6) is 1.56. The Morgan fingerprint density at radius 3 is 2.68 bits per heavy atom. The Hall–Kier alpha value is -2.97. The number of anilines is 2. The summed E-state index contributed by atoms with van der Waals surface area (Å²) < 4.78 is 11.4. The molecular formula is C22H31N5O4. The van der Waals surface area contributed by atoms with Crippen LogP contribution in [0.25, 0.3) is 0 Å². The van der Waals surface area contributed by atoms with E-state index in [9.17, 15) is 9.59 Å². The number of nitrogens with one attached hydrogen (secondary N) is 2. The van der Waals surface area contributed by atoms with Crippen LogP contribution in [0.1, 0.15) is 53.0 Å². The zero-order valence-electron chi connectivity index (χ0n) is 19.0. The van der Waals surface area contributed by atoms with E-state index < -0.39 is 5.60 Å². The van der Waals surface area contributed by atoms with Crippen LogP contribution in [0, 0.1) is 0 Å².